The van der Waals surface area contributed by atoms with E-state index in [4.69, 9.17) is 39.5 Å². The molecule has 0 aliphatic heterocycles. The SMILES string of the molecule is Cc1c(NC(=O)C(C)OC(=O)c2c(Cl)ccc(Cl)c2Cl)c(=O)n(-c2ccccc2)n1C. The van der Waals surface area contributed by atoms with Crippen molar-refractivity contribution in [1.82, 2.24) is 9.36 Å². The number of anilines is 1. The van der Waals surface area contributed by atoms with Crippen molar-refractivity contribution in [2.75, 3.05) is 5.32 Å². The van der Waals surface area contributed by atoms with Gasteiger partial charge in [-0.05, 0) is 38.1 Å². The molecule has 1 unspecified atom stereocenters. The van der Waals surface area contributed by atoms with Crippen LogP contribution in [0.3, 0.4) is 0 Å². The van der Waals surface area contributed by atoms with Crippen LogP contribution in [0.1, 0.15) is 23.0 Å². The van der Waals surface area contributed by atoms with Gasteiger partial charge in [-0.3, -0.25) is 14.3 Å². The molecule has 1 heterocycles. The molecule has 0 spiro atoms. The van der Waals surface area contributed by atoms with Crippen molar-refractivity contribution < 1.29 is 14.3 Å². The quantitative estimate of drug-likeness (QED) is 0.425. The number of nitrogens with one attached hydrogen (secondary N) is 1. The van der Waals surface area contributed by atoms with Crippen LogP contribution in [0.15, 0.2) is 47.3 Å². The molecule has 3 aromatic rings. The van der Waals surface area contributed by atoms with Crippen molar-refractivity contribution in [3.05, 3.63) is 79.1 Å². The molecular weight excluding hydrogens is 465 g/mol. The van der Waals surface area contributed by atoms with Gasteiger partial charge in [-0.2, -0.15) is 0 Å². The number of para-hydroxylation sites is 1. The third-order valence-corrected chi connectivity index (χ3v) is 5.82. The van der Waals surface area contributed by atoms with E-state index in [2.05, 4.69) is 5.32 Å². The molecule has 1 aromatic heterocycles. The fourth-order valence-corrected chi connectivity index (χ4v) is 3.61. The Morgan fingerprint density at radius 2 is 1.65 bits per heavy atom. The zero-order valence-corrected chi connectivity index (χ0v) is 19.0. The van der Waals surface area contributed by atoms with Crippen LogP contribution in [-0.2, 0) is 16.6 Å². The van der Waals surface area contributed by atoms with E-state index >= 15 is 0 Å². The monoisotopic (exact) mass is 481 g/mol. The lowest BCUT2D eigenvalue weighted by Gasteiger charge is -2.14. The van der Waals surface area contributed by atoms with E-state index in [1.54, 1.807) is 42.9 Å². The van der Waals surface area contributed by atoms with Crippen molar-refractivity contribution in [3.8, 4) is 5.69 Å². The standard InChI is InChI=1S/C21H18Cl3N3O4/c1-11-18(20(29)27(26(11)3)13-7-5-4-6-8-13)25-19(28)12(2)31-21(30)16-14(22)9-10-15(23)17(16)24/h4-10,12H,1-3H3,(H,25,28). The van der Waals surface area contributed by atoms with Crippen LogP contribution in [0.25, 0.3) is 5.69 Å². The number of esters is 1. The van der Waals surface area contributed by atoms with Crippen LogP contribution >= 0.6 is 34.8 Å². The average Bonchev–Trinajstić information content (AvgIpc) is 2.94. The third kappa shape index (κ3) is 4.49. The maximum atomic E-state index is 12.9. The molecule has 0 saturated heterocycles. The van der Waals surface area contributed by atoms with Gasteiger partial charge in [-0.15, -0.1) is 0 Å². The highest BCUT2D eigenvalue weighted by Gasteiger charge is 2.26. The van der Waals surface area contributed by atoms with E-state index in [1.807, 2.05) is 6.07 Å². The molecule has 1 amide bonds. The second-order valence-electron chi connectivity index (χ2n) is 6.69. The van der Waals surface area contributed by atoms with Crippen LogP contribution < -0.4 is 10.9 Å². The number of hydrogen-bond donors (Lipinski definition) is 1. The molecule has 0 fully saturated rings. The molecule has 7 nitrogen and oxygen atoms in total. The van der Waals surface area contributed by atoms with E-state index < -0.39 is 23.5 Å². The lowest BCUT2D eigenvalue weighted by Crippen LogP contribution is -2.32. The summed E-state index contributed by atoms with van der Waals surface area (Å²) in [5.41, 5.74) is 0.694. The molecule has 10 heteroatoms. The Morgan fingerprint density at radius 1 is 1.03 bits per heavy atom. The molecule has 0 aliphatic carbocycles. The first-order valence-electron chi connectivity index (χ1n) is 9.12. The number of benzene rings is 2. The number of ether oxygens (including phenoxy) is 1. The molecule has 1 N–H and O–H groups in total. The summed E-state index contributed by atoms with van der Waals surface area (Å²) in [6.07, 6.45) is -1.23. The fourth-order valence-electron chi connectivity index (χ4n) is 2.92. The topological polar surface area (TPSA) is 82.3 Å². The number of nitrogens with zero attached hydrogens (tertiary/aromatic N) is 2. The normalized spacial score (nSPS) is 11.8. The molecular formula is C21H18Cl3N3O4. The minimum atomic E-state index is -1.23. The van der Waals surface area contributed by atoms with Crippen LogP contribution in [0.5, 0.6) is 0 Å². The van der Waals surface area contributed by atoms with Crippen LogP contribution in [0, 0.1) is 6.92 Å². The summed E-state index contributed by atoms with van der Waals surface area (Å²) in [6, 6.07) is 11.8. The molecule has 162 valence electrons. The number of hydrogen-bond acceptors (Lipinski definition) is 4. The van der Waals surface area contributed by atoms with Gasteiger partial charge in [0.05, 0.1) is 32.0 Å². The van der Waals surface area contributed by atoms with Gasteiger partial charge in [-0.1, -0.05) is 53.0 Å². The minimum absolute atomic E-state index is 0.0386. The van der Waals surface area contributed by atoms with E-state index in [0.717, 1.165) is 0 Å². The lowest BCUT2D eigenvalue weighted by molar-refractivity contribution is -0.123. The molecule has 0 bridgehead atoms. The van der Waals surface area contributed by atoms with Gasteiger partial charge < -0.3 is 10.1 Å². The first kappa shape index (κ1) is 22.9. The van der Waals surface area contributed by atoms with E-state index in [-0.39, 0.29) is 26.3 Å². The molecule has 2 aromatic carbocycles. The smallest absolute Gasteiger partial charge is 0.342 e. The highest BCUT2D eigenvalue weighted by Crippen LogP contribution is 2.32. The van der Waals surface area contributed by atoms with Crippen LogP contribution in [-0.4, -0.2) is 27.3 Å². The van der Waals surface area contributed by atoms with Crippen molar-refractivity contribution >= 4 is 52.4 Å². The summed E-state index contributed by atoms with van der Waals surface area (Å²) >= 11 is 18.0. The Hall–Kier alpha value is -2.74. The molecule has 0 saturated carbocycles. The lowest BCUT2D eigenvalue weighted by atomic mass is 10.2. The molecule has 1 atom stereocenters. The Labute approximate surface area is 193 Å². The molecule has 0 radical (unpaired) electrons. The van der Waals surface area contributed by atoms with E-state index in [9.17, 15) is 14.4 Å². The fraction of sp³-hybridized carbons (Fsp3) is 0.190. The highest BCUT2D eigenvalue weighted by atomic mass is 35.5. The van der Waals surface area contributed by atoms with Crippen LogP contribution in [0.4, 0.5) is 5.69 Å². The summed E-state index contributed by atoms with van der Waals surface area (Å²) in [4.78, 5) is 38.0. The van der Waals surface area contributed by atoms with E-state index in [1.165, 1.54) is 23.7 Å². The van der Waals surface area contributed by atoms with Gasteiger partial charge >= 0.3 is 5.97 Å². The first-order chi connectivity index (χ1) is 14.6. The number of rotatable bonds is 5. The van der Waals surface area contributed by atoms with E-state index in [0.29, 0.717) is 11.4 Å². The number of aromatic nitrogens is 2. The predicted octanol–water partition coefficient (Wildman–Crippen LogP) is 4.63. The predicted molar refractivity (Wildman–Crippen MR) is 121 cm³/mol. The van der Waals surface area contributed by atoms with Gasteiger partial charge in [0.1, 0.15) is 5.69 Å². The maximum Gasteiger partial charge on any atom is 0.342 e. The highest BCUT2D eigenvalue weighted by molar-refractivity contribution is 6.46. The second-order valence-corrected chi connectivity index (χ2v) is 7.88. The second kappa shape index (κ2) is 9.18. The van der Waals surface area contributed by atoms with Crippen molar-refractivity contribution in [2.45, 2.75) is 20.0 Å². The van der Waals surface area contributed by atoms with Crippen molar-refractivity contribution in [2.24, 2.45) is 7.05 Å². The van der Waals surface area contributed by atoms with Gasteiger partial charge in [0.25, 0.3) is 11.5 Å². The zero-order chi connectivity index (χ0) is 22.9. The van der Waals surface area contributed by atoms with Gasteiger partial charge in [0, 0.05) is 7.05 Å². The Morgan fingerprint density at radius 3 is 2.29 bits per heavy atom. The van der Waals surface area contributed by atoms with Crippen molar-refractivity contribution in [1.29, 1.82) is 0 Å². The maximum absolute atomic E-state index is 12.9. The summed E-state index contributed by atoms with van der Waals surface area (Å²) in [6.45, 7) is 3.06. The van der Waals surface area contributed by atoms with Crippen molar-refractivity contribution in [3.63, 3.8) is 0 Å². The Balaban J connectivity index is 1.82. The average molecular weight is 483 g/mol. The minimum Gasteiger partial charge on any atom is -0.449 e. The number of carbonyl (C=O) groups is 2. The summed E-state index contributed by atoms with van der Waals surface area (Å²) in [5.74, 6) is -1.60. The Bertz CT molecular complexity index is 1220. The van der Waals surface area contributed by atoms with Gasteiger partial charge in [0.15, 0.2) is 6.10 Å². The first-order valence-corrected chi connectivity index (χ1v) is 10.3. The zero-order valence-electron chi connectivity index (χ0n) is 16.8. The molecule has 0 aliphatic rings. The molecule has 3 rings (SSSR count). The van der Waals surface area contributed by atoms with Gasteiger partial charge in [-0.25, -0.2) is 9.48 Å². The molecule has 31 heavy (non-hydrogen) atoms. The Kier molecular flexibility index (Phi) is 6.79. The third-order valence-electron chi connectivity index (χ3n) is 4.70. The number of amides is 1. The van der Waals surface area contributed by atoms with Gasteiger partial charge in [0.2, 0.25) is 0 Å². The number of halogens is 3. The summed E-state index contributed by atoms with van der Waals surface area (Å²) in [5, 5.41) is 2.63. The van der Waals surface area contributed by atoms with Crippen LogP contribution in [0.2, 0.25) is 15.1 Å². The summed E-state index contributed by atoms with van der Waals surface area (Å²) < 4.78 is 8.24. The number of carbonyl (C=O) groups excluding carboxylic acids is 2. The summed E-state index contributed by atoms with van der Waals surface area (Å²) in [7, 11) is 1.70. The largest absolute Gasteiger partial charge is 0.449 e.